The summed E-state index contributed by atoms with van der Waals surface area (Å²) in [5.41, 5.74) is 9.16. The lowest BCUT2D eigenvalue weighted by Crippen LogP contribution is -2.15. The predicted molar refractivity (Wildman–Crippen MR) is 79.1 cm³/mol. The fourth-order valence-corrected chi connectivity index (χ4v) is 1.99. The van der Waals surface area contributed by atoms with Crippen LogP contribution < -0.4 is 11.1 Å². The fraction of sp³-hybridized carbons (Fsp3) is 0.188. The first-order valence-electron chi connectivity index (χ1n) is 6.36. The van der Waals surface area contributed by atoms with E-state index in [0.717, 1.165) is 16.7 Å². The maximum absolute atomic E-state index is 13.0. The summed E-state index contributed by atoms with van der Waals surface area (Å²) >= 11 is 0. The van der Waals surface area contributed by atoms with Crippen LogP contribution in [0.15, 0.2) is 36.4 Å². The van der Waals surface area contributed by atoms with Crippen molar-refractivity contribution < 1.29 is 9.18 Å². The number of carbonyl (C=O) groups is 1. The van der Waals surface area contributed by atoms with Gasteiger partial charge in [-0.15, -0.1) is 0 Å². The third-order valence-corrected chi connectivity index (χ3v) is 3.14. The molecule has 1 amide bonds. The van der Waals surface area contributed by atoms with Crippen molar-refractivity contribution in [2.45, 2.75) is 20.3 Å². The Bertz CT molecular complexity index is 653. The minimum absolute atomic E-state index is 0.0227. The van der Waals surface area contributed by atoms with Crippen LogP contribution in [0.4, 0.5) is 15.8 Å². The molecule has 0 radical (unpaired) electrons. The molecular formula is C16H17FN2O. The van der Waals surface area contributed by atoms with Crippen LogP contribution in [0, 0.1) is 19.7 Å². The molecule has 0 aliphatic carbocycles. The summed E-state index contributed by atoms with van der Waals surface area (Å²) in [5.74, 6) is -0.637. The quantitative estimate of drug-likeness (QED) is 0.843. The monoisotopic (exact) mass is 272 g/mol. The average Bonchev–Trinajstić information content (AvgIpc) is 2.38. The number of carbonyl (C=O) groups excluding carboxylic acids is 1. The van der Waals surface area contributed by atoms with E-state index < -0.39 is 5.82 Å². The molecule has 0 unspecified atom stereocenters. The van der Waals surface area contributed by atoms with E-state index in [1.54, 1.807) is 0 Å². The van der Waals surface area contributed by atoms with E-state index in [0.29, 0.717) is 5.69 Å². The maximum atomic E-state index is 13.0. The first kappa shape index (κ1) is 14.1. The minimum Gasteiger partial charge on any atom is -0.396 e. The number of anilines is 2. The minimum atomic E-state index is -0.488. The Hall–Kier alpha value is -2.36. The highest BCUT2D eigenvalue weighted by Gasteiger charge is 2.08. The van der Waals surface area contributed by atoms with Crippen molar-refractivity contribution in [3.63, 3.8) is 0 Å². The lowest BCUT2D eigenvalue weighted by atomic mass is 10.0. The van der Waals surface area contributed by atoms with Gasteiger partial charge in [-0.3, -0.25) is 4.79 Å². The van der Waals surface area contributed by atoms with Crippen molar-refractivity contribution in [3.8, 4) is 0 Å². The highest BCUT2D eigenvalue weighted by molar-refractivity contribution is 5.92. The topological polar surface area (TPSA) is 55.1 Å². The number of nitrogens with two attached hydrogens (primary N) is 1. The Kier molecular flexibility index (Phi) is 4.03. The molecule has 104 valence electrons. The molecule has 2 rings (SSSR count). The number of benzene rings is 2. The summed E-state index contributed by atoms with van der Waals surface area (Å²) in [7, 11) is 0. The Morgan fingerprint density at radius 1 is 1.20 bits per heavy atom. The fourth-order valence-electron chi connectivity index (χ4n) is 1.99. The largest absolute Gasteiger partial charge is 0.396 e. The molecule has 3 nitrogen and oxygen atoms in total. The Morgan fingerprint density at radius 2 is 1.95 bits per heavy atom. The standard InChI is InChI=1S/C16H17FN2O/c1-10-3-4-11(2)12(7-10)8-16(20)19-13-5-6-14(17)15(18)9-13/h3-7,9H,8,18H2,1-2H3,(H,19,20). The molecule has 0 aliphatic rings. The predicted octanol–water partition coefficient (Wildman–Crippen LogP) is 3.21. The molecule has 4 heteroatoms. The van der Waals surface area contributed by atoms with Crippen molar-refractivity contribution >= 4 is 17.3 Å². The van der Waals surface area contributed by atoms with Gasteiger partial charge in [-0.1, -0.05) is 23.8 Å². The highest BCUT2D eigenvalue weighted by Crippen LogP contribution is 2.17. The van der Waals surface area contributed by atoms with Crippen molar-refractivity contribution in [1.82, 2.24) is 0 Å². The van der Waals surface area contributed by atoms with Gasteiger partial charge in [0.2, 0.25) is 5.91 Å². The molecule has 0 heterocycles. The SMILES string of the molecule is Cc1ccc(C)c(CC(=O)Nc2ccc(F)c(N)c2)c1. The Balaban J connectivity index is 2.09. The van der Waals surface area contributed by atoms with Gasteiger partial charge < -0.3 is 11.1 Å². The maximum Gasteiger partial charge on any atom is 0.228 e. The molecule has 3 N–H and O–H groups in total. The van der Waals surface area contributed by atoms with Crippen LogP contribution in [-0.4, -0.2) is 5.91 Å². The van der Waals surface area contributed by atoms with Gasteiger partial charge in [-0.2, -0.15) is 0 Å². The van der Waals surface area contributed by atoms with Gasteiger partial charge in [0.1, 0.15) is 5.82 Å². The molecule has 0 bridgehead atoms. The third-order valence-electron chi connectivity index (χ3n) is 3.14. The second-order valence-electron chi connectivity index (χ2n) is 4.89. The number of nitrogens with one attached hydrogen (secondary N) is 1. The zero-order chi connectivity index (χ0) is 14.7. The van der Waals surface area contributed by atoms with Crippen LogP contribution in [0.2, 0.25) is 0 Å². The van der Waals surface area contributed by atoms with Crippen LogP contribution in [0.25, 0.3) is 0 Å². The van der Waals surface area contributed by atoms with Gasteiger partial charge in [-0.05, 0) is 43.2 Å². The van der Waals surface area contributed by atoms with Gasteiger partial charge in [0.05, 0.1) is 12.1 Å². The van der Waals surface area contributed by atoms with E-state index in [4.69, 9.17) is 5.73 Å². The number of amides is 1. The van der Waals surface area contributed by atoms with E-state index >= 15 is 0 Å². The van der Waals surface area contributed by atoms with E-state index in [2.05, 4.69) is 5.32 Å². The first-order chi connectivity index (χ1) is 9.45. The number of hydrogen-bond donors (Lipinski definition) is 2. The number of rotatable bonds is 3. The van der Waals surface area contributed by atoms with Gasteiger partial charge in [-0.25, -0.2) is 4.39 Å². The van der Waals surface area contributed by atoms with Gasteiger partial charge >= 0.3 is 0 Å². The number of hydrogen-bond acceptors (Lipinski definition) is 2. The smallest absolute Gasteiger partial charge is 0.228 e. The second kappa shape index (κ2) is 5.74. The van der Waals surface area contributed by atoms with Crippen LogP contribution >= 0.6 is 0 Å². The lowest BCUT2D eigenvalue weighted by molar-refractivity contribution is -0.115. The molecule has 0 fully saturated rings. The number of aryl methyl sites for hydroxylation is 2. The van der Waals surface area contributed by atoms with Crippen LogP contribution in [0.3, 0.4) is 0 Å². The summed E-state index contributed by atoms with van der Waals surface area (Å²) in [6, 6.07) is 10.1. The van der Waals surface area contributed by atoms with Crippen molar-refractivity contribution in [3.05, 3.63) is 58.9 Å². The zero-order valence-corrected chi connectivity index (χ0v) is 11.5. The van der Waals surface area contributed by atoms with E-state index in [1.165, 1.54) is 18.2 Å². The third kappa shape index (κ3) is 3.35. The number of nitrogen functional groups attached to an aromatic ring is 1. The summed E-state index contributed by atoms with van der Waals surface area (Å²) in [4.78, 5) is 12.0. The summed E-state index contributed by atoms with van der Waals surface area (Å²) in [5, 5.41) is 2.72. The molecule has 0 spiro atoms. The number of halogens is 1. The van der Waals surface area contributed by atoms with Crippen molar-refractivity contribution in [2.75, 3.05) is 11.1 Å². The molecule has 20 heavy (non-hydrogen) atoms. The molecule has 2 aromatic carbocycles. The van der Waals surface area contributed by atoms with Gasteiger partial charge in [0, 0.05) is 5.69 Å². The Labute approximate surface area is 117 Å². The summed E-state index contributed by atoms with van der Waals surface area (Å²) in [6.45, 7) is 3.96. The van der Waals surface area contributed by atoms with Crippen LogP contribution in [-0.2, 0) is 11.2 Å². The molecule has 0 aliphatic heterocycles. The molecule has 0 saturated heterocycles. The van der Waals surface area contributed by atoms with Crippen LogP contribution in [0.1, 0.15) is 16.7 Å². The lowest BCUT2D eigenvalue weighted by Gasteiger charge is -2.09. The normalized spacial score (nSPS) is 10.3. The molecule has 0 atom stereocenters. The summed E-state index contributed by atoms with van der Waals surface area (Å²) < 4.78 is 13.0. The van der Waals surface area contributed by atoms with Crippen LogP contribution in [0.5, 0.6) is 0 Å². The van der Waals surface area contributed by atoms with Gasteiger partial charge in [0.15, 0.2) is 0 Å². The van der Waals surface area contributed by atoms with E-state index in [-0.39, 0.29) is 18.0 Å². The average molecular weight is 272 g/mol. The molecule has 0 aromatic heterocycles. The highest BCUT2D eigenvalue weighted by atomic mass is 19.1. The van der Waals surface area contributed by atoms with Crippen molar-refractivity contribution in [1.29, 1.82) is 0 Å². The van der Waals surface area contributed by atoms with E-state index in [1.807, 2.05) is 32.0 Å². The molecular weight excluding hydrogens is 255 g/mol. The first-order valence-corrected chi connectivity index (χ1v) is 6.36. The van der Waals surface area contributed by atoms with Crippen molar-refractivity contribution in [2.24, 2.45) is 0 Å². The zero-order valence-electron chi connectivity index (χ0n) is 11.5. The van der Waals surface area contributed by atoms with Gasteiger partial charge in [0.25, 0.3) is 0 Å². The second-order valence-corrected chi connectivity index (χ2v) is 4.89. The Morgan fingerprint density at radius 3 is 2.65 bits per heavy atom. The summed E-state index contributed by atoms with van der Waals surface area (Å²) in [6.07, 6.45) is 0.283. The molecule has 0 saturated carbocycles. The molecule has 2 aromatic rings. The van der Waals surface area contributed by atoms with E-state index in [9.17, 15) is 9.18 Å².